The van der Waals surface area contributed by atoms with Crippen molar-refractivity contribution in [3.63, 3.8) is 0 Å². The number of Topliss-reactive ketones (excluding diaryl/α,β-unsaturated/α-hetero) is 1. The summed E-state index contributed by atoms with van der Waals surface area (Å²) in [4.78, 5) is 33.3. The number of ketones is 1. The molecule has 2 aromatic rings. The Morgan fingerprint density at radius 1 is 0.926 bits per heavy atom. The standard InChI is InChI=1S/C21H26N2O2S2/c24-15-10-4-6-12-17(15)27-21-22-19-18(14-9-3-5-11-16(14)26-19)20(25)23(21)13-7-1-2-8-13/h13,17H,1-12H2/t17-/m0/s1. The van der Waals surface area contributed by atoms with Crippen molar-refractivity contribution in [1.82, 2.24) is 9.55 Å². The van der Waals surface area contributed by atoms with Crippen molar-refractivity contribution in [1.29, 1.82) is 0 Å². The highest BCUT2D eigenvalue weighted by Crippen LogP contribution is 2.39. The molecule has 6 heteroatoms. The first-order valence-corrected chi connectivity index (χ1v) is 12.2. The largest absolute Gasteiger partial charge is 0.298 e. The Morgan fingerprint density at radius 2 is 1.67 bits per heavy atom. The maximum absolute atomic E-state index is 13.6. The van der Waals surface area contributed by atoms with E-state index in [2.05, 4.69) is 0 Å². The second-order valence-electron chi connectivity index (χ2n) is 8.22. The van der Waals surface area contributed by atoms with Gasteiger partial charge in [-0.2, -0.15) is 0 Å². The molecule has 0 saturated heterocycles. The summed E-state index contributed by atoms with van der Waals surface area (Å²) in [5.74, 6) is 0.337. The molecule has 2 aromatic heterocycles. The molecular formula is C21H26N2O2S2. The summed E-state index contributed by atoms with van der Waals surface area (Å²) >= 11 is 3.29. The van der Waals surface area contributed by atoms with Crippen molar-refractivity contribution < 1.29 is 4.79 Å². The molecule has 5 rings (SSSR count). The number of nitrogens with zero attached hydrogens (tertiary/aromatic N) is 2. The van der Waals surface area contributed by atoms with Gasteiger partial charge in [0.25, 0.3) is 5.56 Å². The molecule has 0 bridgehead atoms. The summed E-state index contributed by atoms with van der Waals surface area (Å²) in [6.07, 6.45) is 12.7. The zero-order valence-electron chi connectivity index (χ0n) is 15.7. The Balaban J connectivity index is 1.65. The molecule has 0 aromatic carbocycles. The van der Waals surface area contributed by atoms with E-state index in [1.165, 1.54) is 36.1 Å². The maximum atomic E-state index is 13.6. The monoisotopic (exact) mass is 402 g/mol. The Bertz CT molecular complexity index is 940. The van der Waals surface area contributed by atoms with Crippen LogP contribution in [-0.4, -0.2) is 20.6 Å². The van der Waals surface area contributed by atoms with Gasteiger partial charge in [0.2, 0.25) is 0 Å². The zero-order chi connectivity index (χ0) is 18.4. The molecule has 3 aliphatic carbocycles. The van der Waals surface area contributed by atoms with Crippen LogP contribution in [0.15, 0.2) is 9.95 Å². The number of hydrogen-bond donors (Lipinski definition) is 0. The Kier molecular flexibility index (Phi) is 4.88. The summed E-state index contributed by atoms with van der Waals surface area (Å²) in [6.45, 7) is 0. The quantitative estimate of drug-likeness (QED) is 0.674. The number of rotatable bonds is 3. The Labute approximate surface area is 167 Å². The van der Waals surface area contributed by atoms with E-state index in [1.54, 1.807) is 23.1 Å². The van der Waals surface area contributed by atoms with Crippen molar-refractivity contribution in [2.75, 3.05) is 0 Å². The third-order valence-corrected chi connectivity index (χ3v) is 8.89. The molecule has 1 atom stereocenters. The average Bonchev–Trinajstić information content (AvgIpc) is 3.31. The predicted octanol–water partition coefficient (Wildman–Crippen LogP) is 5.06. The first-order chi connectivity index (χ1) is 13.2. The van der Waals surface area contributed by atoms with Crippen LogP contribution < -0.4 is 5.56 Å². The highest BCUT2D eigenvalue weighted by atomic mass is 32.2. The first-order valence-electron chi connectivity index (χ1n) is 10.5. The van der Waals surface area contributed by atoms with Gasteiger partial charge in [0.1, 0.15) is 10.6 Å². The van der Waals surface area contributed by atoms with Crippen LogP contribution >= 0.6 is 23.1 Å². The molecule has 4 nitrogen and oxygen atoms in total. The van der Waals surface area contributed by atoms with Crippen LogP contribution in [0.3, 0.4) is 0 Å². The summed E-state index contributed by atoms with van der Waals surface area (Å²) in [7, 11) is 0. The van der Waals surface area contributed by atoms with Crippen molar-refractivity contribution in [3.8, 4) is 0 Å². The Hall–Kier alpha value is -1.14. The fourth-order valence-electron chi connectivity index (χ4n) is 4.97. The molecule has 2 heterocycles. The van der Waals surface area contributed by atoms with Crippen molar-refractivity contribution in [2.45, 2.75) is 93.5 Å². The van der Waals surface area contributed by atoms with E-state index in [1.807, 2.05) is 4.57 Å². The van der Waals surface area contributed by atoms with Crippen LogP contribution in [0.2, 0.25) is 0 Å². The smallest absolute Gasteiger partial charge is 0.263 e. The van der Waals surface area contributed by atoms with Gasteiger partial charge >= 0.3 is 0 Å². The fourth-order valence-corrected chi connectivity index (χ4v) is 7.56. The third-order valence-electron chi connectivity index (χ3n) is 6.42. The third kappa shape index (κ3) is 3.19. The number of fused-ring (bicyclic) bond motifs is 3. The van der Waals surface area contributed by atoms with Crippen LogP contribution in [0.4, 0.5) is 0 Å². The van der Waals surface area contributed by atoms with Gasteiger partial charge in [0.05, 0.1) is 10.6 Å². The summed E-state index contributed by atoms with van der Waals surface area (Å²) in [5.41, 5.74) is 1.44. The number of carbonyl (C=O) groups is 1. The molecule has 2 saturated carbocycles. The highest BCUT2D eigenvalue weighted by Gasteiger charge is 2.30. The molecule has 0 aliphatic heterocycles. The lowest BCUT2D eigenvalue weighted by Crippen LogP contribution is -2.29. The molecule has 0 radical (unpaired) electrons. The van der Waals surface area contributed by atoms with Gasteiger partial charge < -0.3 is 0 Å². The van der Waals surface area contributed by atoms with Gasteiger partial charge in [-0.15, -0.1) is 11.3 Å². The molecule has 0 N–H and O–H groups in total. The summed E-state index contributed by atoms with van der Waals surface area (Å²) < 4.78 is 1.99. The molecule has 2 fully saturated rings. The minimum absolute atomic E-state index is 0.0228. The minimum Gasteiger partial charge on any atom is -0.298 e. The van der Waals surface area contributed by atoms with E-state index in [9.17, 15) is 9.59 Å². The molecule has 27 heavy (non-hydrogen) atoms. The number of aryl methyl sites for hydroxylation is 2. The van der Waals surface area contributed by atoms with E-state index in [4.69, 9.17) is 4.98 Å². The average molecular weight is 403 g/mol. The summed E-state index contributed by atoms with van der Waals surface area (Å²) in [5, 5.41) is 1.67. The number of hydrogen-bond acceptors (Lipinski definition) is 5. The van der Waals surface area contributed by atoms with Gasteiger partial charge in [-0.1, -0.05) is 31.0 Å². The topological polar surface area (TPSA) is 52.0 Å². The SMILES string of the molecule is O=C1CCCC[C@@H]1Sc1nc2sc3c(c2c(=O)n1C1CCCC1)CCCC3. The highest BCUT2D eigenvalue weighted by molar-refractivity contribution is 8.00. The Morgan fingerprint density at radius 3 is 2.48 bits per heavy atom. The predicted molar refractivity (Wildman–Crippen MR) is 111 cm³/mol. The van der Waals surface area contributed by atoms with E-state index in [0.29, 0.717) is 12.2 Å². The molecule has 0 spiro atoms. The number of thiophene rings is 1. The van der Waals surface area contributed by atoms with Gasteiger partial charge in [-0.25, -0.2) is 4.98 Å². The van der Waals surface area contributed by atoms with Gasteiger partial charge in [0.15, 0.2) is 5.16 Å². The van der Waals surface area contributed by atoms with Gasteiger partial charge in [-0.05, 0) is 56.9 Å². The second-order valence-corrected chi connectivity index (χ2v) is 10.5. The van der Waals surface area contributed by atoms with E-state index >= 15 is 0 Å². The molecular weight excluding hydrogens is 376 g/mol. The lowest BCUT2D eigenvalue weighted by Gasteiger charge is -2.23. The van der Waals surface area contributed by atoms with Crippen molar-refractivity contribution in [3.05, 3.63) is 20.8 Å². The number of carbonyl (C=O) groups excluding carboxylic acids is 1. The van der Waals surface area contributed by atoms with E-state index in [-0.39, 0.29) is 16.9 Å². The molecule has 144 valence electrons. The minimum atomic E-state index is -0.0228. The van der Waals surface area contributed by atoms with Crippen LogP contribution in [0.5, 0.6) is 0 Å². The van der Waals surface area contributed by atoms with Gasteiger partial charge in [0, 0.05) is 17.3 Å². The second kappa shape index (κ2) is 7.36. The number of aromatic nitrogens is 2. The van der Waals surface area contributed by atoms with Gasteiger partial charge in [-0.3, -0.25) is 14.2 Å². The molecule has 0 amide bonds. The van der Waals surface area contributed by atoms with Crippen LogP contribution in [0.25, 0.3) is 10.2 Å². The molecule has 0 unspecified atom stereocenters. The lowest BCUT2D eigenvalue weighted by molar-refractivity contribution is -0.119. The number of thioether (sulfide) groups is 1. The van der Waals surface area contributed by atoms with Crippen molar-refractivity contribution in [2.24, 2.45) is 0 Å². The summed E-state index contributed by atoms with van der Waals surface area (Å²) in [6, 6.07) is 0.259. The fraction of sp³-hybridized carbons (Fsp3) is 0.667. The van der Waals surface area contributed by atoms with Crippen LogP contribution in [0.1, 0.15) is 80.7 Å². The van der Waals surface area contributed by atoms with Crippen LogP contribution in [-0.2, 0) is 17.6 Å². The normalized spacial score (nSPS) is 23.9. The maximum Gasteiger partial charge on any atom is 0.263 e. The zero-order valence-corrected chi connectivity index (χ0v) is 17.3. The molecule has 3 aliphatic rings. The van der Waals surface area contributed by atoms with Crippen molar-refractivity contribution >= 4 is 39.1 Å². The van der Waals surface area contributed by atoms with E-state index < -0.39 is 0 Å². The van der Waals surface area contributed by atoms with Crippen LogP contribution in [0, 0.1) is 0 Å². The lowest BCUT2D eigenvalue weighted by atomic mass is 9.97. The van der Waals surface area contributed by atoms with E-state index in [0.717, 1.165) is 60.3 Å². The first kappa shape index (κ1) is 17.9.